The second-order valence-electron chi connectivity index (χ2n) is 5.26. The quantitative estimate of drug-likeness (QED) is 0.256. The Kier molecular flexibility index (Phi) is 12.7. The highest BCUT2D eigenvalue weighted by Crippen LogP contribution is 2.19. The lowest BCUT2D eigenvalue weighted by atomic mass is 10.2. The second kappa shape index (κ2) is 11.5. The zero-order valence-corrected chi connectivity index (χ0v) is 16.5. The van der Waals surface area contributed by atoms with E-state index >= 15 is 0 Å². The predicted molar refractivity (Wildman–Crippen MR) is 100 cm³/mol. The summed E-state index contributed by atoms with van der Waals surface area (Å²) in [6, 6.07) is 0. The number of hydrogen-bond donors (Lipinski definition) is 3. The highest BCUT2D eigenvalue weighted by Gasteiger charge is 2.15. The molecular weight excluding hydrogens is 387 g/mol. The number of rotatable bonds is 7. The van der Waals surface area contributed by atoms with E-state index in [0.717, 1.165) is 12.5 Å². The SMILES string of the molecule is CN=C(NCCNC(=O)C(C)C)NCC(C)(C)SC.I. The molecule has 0 fully saturated rings. The van der Waals surface area contributed by atoms with Crippen LogP contribution in [0.5, 0.6) is 0 Å². The Morgan fingerprint density at radius 3 is 2.20 bits per heavy atom. The average Bonchev–Trinajstić information content (AvgIpc) is 2.37. The fourth-order valence-corrected chi connectivity index (χ4v) is 1.38. The molecule has 7 heteroatoms. The third-order valence-electron chi connectivity index (χ3n) is 2.70. The van der Waals surface area contributed by atoms with Gasteiger partial charge in [-0.3, -0.25) is 9.79 Å². The van der Waals surface area contributed by atoms with Crippen molar-refractivity contribution in [3.05, 3.63) is 0 Å². The number of hydrogen-bond acceptors (Lipinski definition) is 3. The number of nitrogens with one attached hydrogen (secondary N) is 3. The van der Waals surface area contributed by atoms with Crippen molar-refractivity contribution in [1.82, 2.24) is 16.0 Å². The van der Waals surface area contributed by atoms with E-state index in [9.17, 15) is 4.79 Å². The van der Waals surface area contributed by atoms with Crippen LogP contribution in [0, 0.1) is 5.92 Å². The highest BCUT2D eigenvalue weighted by molar-refractivity contribution is 14.0. The lowest BCUT2D eigenvalue weighted by molar-refractivity contribution is -0.123. The van der Waals surface area contributed by atoms with E-state index < -0.39 is 0 Å². The number of amides is 1. The molecule has 0 rings (SSSR count). The van der Waals surface area contributed by atoms with Gasteiger partial charge in [-0.25, -0.2) is 0 Å². The molecule has 0 saturated heterocycles. The molecule has 0 aliphatic heterocycles. The van der Waals surface area contributed by atoms with Crippen molar-refractivity contribution in [3.63, 3.8) is 0 Å². The number of nitrogens with zero attached hydrogens (tertiary/aromatic N) is 1. The van der Waals surface area contributed by atoms with Gasteiger partial charge >= 0.3 is 0 Å². The number of aliphatic imine (C=N–C) groups is 1. The first kappa shape index (κ1) is 22.1. The van der Waals surface area contributed by atoms with Crippen LogP contribution in [0.15, 0.2) is 4.99 Å². The van der Waals surface area contributed by atoms with Crippen LogP contribution in [0.2, 0.25) is 0 Å². The van der Waals surface area contributed by atoms with E-state index in [1.54, 1.807) is 7.05 Å². The topological polar surface area (TPSA) is 65.5 Å². The Hall–Kier alpha value is -0.180. The third-order valence-corrected chi connectivity index (χ3v) is 3.95. The zero-order valence-electron chi connectivity index (χ0n) is 13.4. The van der Waals surface area contributed by atoms with Gasteiger partial charge < -0.3 is 16.0 Å². The minimum absolute atomic E-state index is 0. The minimum Gasteiger partial charge on any atom is -0.355 e. The summed E-state index contributed by atoms with van der Waals surface area (Å²) in [6.45, 7) is 10.2. The summed E-state index contributed by atoms with van der Waals surface area (Å²) in [5.41, 5.74) is 0. The number of halogens is 1. The second-order valence-corrected chi connectivity index (χ2v) is 6.78. The van der Waals surface area contributed by atoms with Gasteiger partial charge in [-0.05, 0) is 20.1 Å². The summed E-state index contributed by atoms with van der Waals surface area (Å²) in [4.78, 5) is 15.5. The molecule has 0 aliphatic rings. The van der Waals surface area contributed by atoms with Gasteiger partial charge in [0, 0.05) is 37.3 Å². The first-order chi connectivity index (χ1) is 8.82. The molecule has 0 spiro atoms. The molecule has 0 atom stereocenters. The van der Waals surface area contributed by atoms with Crippen molar-refractivity contribution < 1.29 is 4.79 Å². The normalized spacial score (nSPS) is 11.8. The van der Waals surface area contributed by atoms with Crippen molar-refractivity contribution in [2.75, 3.05) is 32.9 Å². The fourth-order valence-electron chi connectivity index (χ4n) is 1.16. The van der Waals surface area contributed by atoms with Crippen LogP contribution >= 0.6 is 35.7 Å². The molecule has 0 saturated carbocycles. The standard InChI is InChI=1S/C13H28N4OS.HI/c1-10(2)11(18)15-7-8-16-12(14-5)17-9-13(3,4)19-6;/h10H,7-9H2,1-6H3,(H,15,18)(H2,14,16,17);1H. The lowest BCUT2D eigenvalue weighted by Gasteiger charge is -2.23. The highest BCUT2D eigenvalue weighted by atomic mass is 127. The van der Waals surface area contributed by atoms with Crippen LogP contribution in [0.4, 0.5) is 0 Å². The maximum Gasteiger partial charge on any atom is 0.222 e. The monoisotopic (exact) mass is 416 g/mol. The number of carbonyl (C=O) groups is 1. The Labute approximate surface area is 144 Å². The van der Waals surface area contributed by atoms with Gasteiger partial charge in [-0.15, -0.1) is 24.0 Å². The van der Waals surface area contributed by atoms with Gasteiger partial charge in [0.2, 0.25) is 5.91 Å². The van der Waals surface area contributed by atoms with E-state index in [2.05, 4.69) is 41.0 Å². The zero-order chi connectivity index (χ0) is 14.9. The van der Waals surface area contributed by atoms with E-state index in [4.69, 9.17) is 0 Å². The Morgan fingerprint density at radius 1 is 1.20 bits per heavy atom. The van der Waals surface area contributed by atoms with Crippen molar-refractivity contribution in [2.45, 2.75) is 32.4 Å². The van der Waals surface area contributed by atoms with Crippen LogP contribution in [0.3, 0.4) is 0 Å². The number of thioether (sulfide) groups is 1. The molecule has 0 bridgehead atoms. The van der Waals surface area contributed by atoms with E-state index in [0.29, 0.717) is 13.1 Å². The Morgan fingerprint density at radius 2 is 1.75 bits per heavy atom. The largest absolute Gasteiger partial charge is 0.355 e. The molecule has 0 aromatic carbocycles. The fraction of sp³-hybridized carbons (Fsp3) is 0.846. The van der Waals surface area contributed by atoms with Crippen LogP contribution in [-0.2, 0) is 4.79 Å². The average molecular weight is 416 g/mol. The molecule has 0 aliphatic carbocycles. The van der Waals surface area contributed by atoms with Crippen molar-refractivity contribution >= 4 is 47.6 Å². The third kappa shape index (κ3) is 10.6. The first-order valence-electron chi connectivity index (χ1n) is 6.59. The summed E-state index contributed by atoms with van der Waals surface area (Å²) < 4.78 is 0.170. The summed E-state index contributed by atoms with van der Waals surface area (Å²) in [5.74, 6) is 0.869. The molecule has 0 unspecified atom stereocenters. The summed E-state index contributed by atoms with van der Waals surface area (Å²) >= 11 is 1.81. The molecule has 0 aromatic rings. The molecule has 120 valence electrons. The molecule has 20 heavy (non-hydrogen) atoms. The molecule has 1 amide bonds. The molecule has 0 heterocycles. The van der Waals surface area contributed by atoms with Gasteiger partial charge in [0.15, 0.2) is 5.96 Å². The predicted octanol–water partition coefficient (Wildman–Crippen LogP) is 1.68. The summed E-state index contributed by atoms with van der Waals surface area (Å²) in [5, 5.41) is 9.31. The van der Waals surface area contributed by atoms with Gasteiger partial charge in [0.25, 0.3) is 0 Å². The van der Waals surface area contributed by atoms with Gasteiger partial charge in [0.1, 0.15) is 0 Å². The van der Waals surface area contributed by atoms with Gasteiger partial charge in [-0.2, -0.15) is 11.8 Å². The summed E-state index contributed by atoms with van der Waals surface area (Å²) in [7, 11) is 1.74. The van der Waals surface area contributed by atoms with Crippen LogP contribution in [0.25, 0.3) is 0 Å². The van der Waals surface area contributed by atoms with Gasteiger partial charge in [-0.1, -0.05) is 13.8 Å². The molecule has 0 aromatic heterocycles. The number of guanidine groups is 1. The molecule has 5 nitrogen and oxygen atoms in total. The molecule has 3 N–H and O–H groups in total. The van der Waals surface area contributed by atoms with Crippen LogP contribution in [-0.4, -0.2) is 49.6 Å². The first-order valence-corrected chi connectivity index (χ1v) is 7.82. The number of carbonyl (C=O) groups excluding carboxylic acids is 1. The van der Waals surface area contributed by atoms with Crippen molar-refractivity contribution in [2.24, 2.45) is 10.9 Å². The molecule has 0 radical (unpaired) electrons. The summed E-state index contributed by atoms with van der Waals surface area (Å²) in [6.07, 6.45) is 2.10. The Bertz CT molecular complexity index is 309. The van der Waals surface area contributed by atoms with Gasteiger partial charge in [0.05, 0.1) is 0 Å². The van der Waals surface area contributed by atoms with E-state index in [-0.39, 0.29) is 40.5 Å². The van der Waals surface area contributed by atoms with Crippen molar-refractivity contribution in [1.29, 1.82) is 0 Å². The van der Waals surface area contributed by atoms with Crippen LogP contribution < -0.4 is 16.0 Å². The molecular formula is C13H29IN4OS. The lowest BCUT2D eigenvalue weighted by Crippen LogP contribution is -2.45. The minimum atomic E-state index is 0. The van der Waals surface area contributed by atoms with E-state index in [1.165, 1.54) is 0 Å². The van der Waals surface area contributed by atoms with E-state index in [1.807, 2.05) is 25.6 Å². The maximum absolute atomic E-state index is 11.4. The Balaban J connectivity index is 0. The van der Waals surface area contributed by atoms with Crippen LogP contribution in [0.1, 0.15) is 27.7 Å². The smallest absolute Gasteiger partial charge is 0.222 e. The maximum atomic E-state index is 11.4. The van der Waals surface area contributed by atoms with Crippen molar-refractivity contribution in [3.8, 4) is 0 Å².